The molecule has 4 nitrogen and oxygen atoms in total. The van der Waals surface area contributed by atoms with E-state index in [0.717, 1.165) is 12.0 Å². The molecule has 2 aromatic rings. The summed E-state index contributed by atoms with van der Waals surface area (Å²) >= 11 is 6.02. The SMILES string of the molecule is O=C(CCS(=O)(=O)Cc1ccccc1Cl)N1CCc2ccccc2C1. The van der Waals surface area contributed by atoms with Gasteiger partial charge in [0.15, 0.2) is 9.84 Å². The first-order valence-corrected chi connectivity index (χ1v) is 10.4. The van der Waals surface area contributed by atoms with Gasteiger partial charge in [-0.25, -0.2) is 8.42 Å². The fourth-order valence-electron chi connectivity index (χ4n) is 3.03. The van der Waals surface area contributed by atoms with Gasteiger partial charge in [-0.1, -0.05) is 54.1 Å². The smallest absolute Gasteiger partial charge is 0.223 e. The fourth-order valence-corrected chi connectivity index (χ4v) is 4.67. The molecular formula is C19H20ClNO3S. The largest absolute Gasteiger partial charge is 0.338 e. The molecule has 1 amide bonds. The average Bonchev–Trinajstić information content (AvgIpc) is 2.61. The van der Waals surface area contributed by atoms with Gasteiger partial charge in [-0.3, -0.25) is 4.79 Å². The van der Waals surface area contributed by atoms with Gasteiger partial charge in [0.2, 0.25) is 5.91 Å². The van der Waals surface area contributed by atoms with Gasteiger partial charge in [-0.05, 0) is 29.2 Å². The predicted molar refractivity (Wildman–Crippen MR) is 99.1 cm³/mol. The molecular weight excluding hydrogens is 358 g/mol. The van der Waals surface area contributed by atoms with Gasteiger partial charge in [-0.15, -0.1) is 0 Å². The number of amides is 1. The Morgan fingerprint density at radius 1 is 1.04 bits per heavy atom. The minimum Gasteiger partial charge on any atom is -0.338 e. The average molecular weight is 378 g/mol. The third-order valence-corrected chi connectivity index (χ3v) is 6.39. The number of carbonyl (C=O) groups excluding carboxylic acids is 1. The number of rotatable bonds is 5. The second kappa shape index (κ2) is 7.58. The van der Waals surface area contributed by atoms with Crippen molar-refractivity contribution in [2.45, 2.75) is 25.1 Å². The number of hydrogen-bond donors (Lipinski definition) is 0. The van der Waals surface area contributed by atoms with E-state index >= 15 is 0 Å². The number of benzene rings is 2. The standard InChI is InChI=1S/C19H20ClNO3S/c20-18-8-4-3-7-17(18)14-25(23,24)12-10-19(22)21-11-9-15-5-1-2-6-16(15)13-21/h1-8H,9-14H2. The third-order valence-electron chi connectivity index (χ3n) is 4.44. The zero-order chi connectivity index (χ0) is 17.9. The molecule has 0 spiro atoms. The topological polar surface area (TPSA) is 54.5 Å². The molecule has 0 atom stereocenters. The highest BCUT2D eigenvalue weighted by Crippen LogP contribution is 2.20. The summed E-state index contributed by atoms with van der Waals surface area (Å²) in [5.41, 5.74) is 2.97. The van der Waals surface area contributed by atoms with Crippen molar-refractivity contribution < 1.29 is 13.2 Å². The van der Waals surface area contributed by atoms with E-state index in [0.29, 0.717) is 23.7 Å². The van der Waals surface area contributed by atoms with Crippen LogP contribution in [0.15, 0.2) is 48.5 Å². The molecule has 0 bridgehead atoms. The van der Waals surface area contributed by atoms with Crippen LogP contribution >= 0.6 is 11.6 Å². The van der Waals surface area contributed by atoms with Crippen LogP contribution in [0.1, 0.15) is 23.1 Å². The van der Waals surface area contributed by atoms with Crippen LogP contribution in [0.5, 0.6) is 0 Å². The van der Waals surface area contributed by atoms with E-state index in [1.807, 2.05) is 18.2 Å². The van der Waals surface area contributed by atoms with Crippen LogP contribution in [0, 0.1) is 0 Å². The molecule has 1 aliphatic heterocycles. The number of fused-ring (bicyclic) bond motifs is 1. The van der Waals surface area contributed by atoms with Crippen LogP contribution < -0.4 is 0 Å². The zero-order valence-corrected chi connectivity index (χ0v) is 15.4. The van der Waals surface area contributed by atoms with Crippen molar-refractivity contribution in [3.8, 4) is 0 Å². The Hall–Kier alpha value is -1.85. The second-order valence-corrected chi connectivity index (χ2v) is 8.86. The monoisotopic (exact) mass is 377 g/mol. The highest BCUT2D eigenvalue weighted by molar-refractivity contribution is 7.90. The first-order valence-electron chi connectivity index (χ1n) is 8.23. The third kappa shape index (κ3) is 4.61. The first-order chi connectivity index (χ1) is 11.9. The van der Waals surface area contributed by atoms with Crippen molar-refractivity contribution in [1.82, 2.24) is 4.90 Å². The van der Waals surface area contributed by atoms with E-state index in [1.165, 1.54) is 5.56 Å². The van der Waals surface area contributed by atoms with E-state index < -0.39 is 9.84 Å². The Morgan fingerprint density at radius 2 is 1.72 bits per heavy atom. The minimum absolute atomic E-state index is 0.00888. The van der Waals surface area contributed by atoms with E-state index in [9.17, 15) is 13.2 Å². The Morgan fingerprint density at radius 3 is 2.48 bits per heavy atom. The number of nitrogens with zero attached hydrogens (tertiary/aromatic N) is 1. The highest BCUT2D eigenvalue weighted by Gasteiger charge is 2.22. The molecule has 2 aromatic carbocycles. The summed E-state index contributed by atoms with van der Waals surface area (Å²) in [5, 5.41) is 0.435. The Bertz CT molecular complexity index is 880. The molecule has 0 radical (unpaired) electrons. The van der Waals surface area contributed by atoms with Crippen LogP contribution in [0.2, 0.25) is 5.02 Å². The first kappa shape index (κ1) is 18.0. The van der Waals surface area contributed by atoms with Gasteiger partial charge in [0.1, 0.15) is 0 Å². The molecule has 0 saturated heterocycles. The Labute approximate surface area is 153 Å². The molecule has 0 aromatic heterocycles. The number of carbonyl (C=O) groups is 1. The van der Waals surface area contributed by atoms with Crippen LogP contribution in [0.25, 0.3) is 0 Å². The van der Waals surface area contributed by atoms with E-state index in [-0.39, 0.29) is 23.8 Å². The van der Waals surface area contributed by atoms with Crippen LogP contribution in [-0.2, 0) is 33.4 Å². The van der Waals surface area contributed by atoms with Crippen molar-refractivity contribution in [1.29, 1.82) is 0 Å². The van der Waals surface area contributed by atoms with Gasteiger partial charge in [0, 0.05) is 24.5 Å². The molecule has 25 heavy (non-hydrogen) atoms. The summed E-state index contributed by atoms with van der Waals surface area (Å²) in [5.74, 6) is -0.407. The van der Waals surface area contributed by atoms with Crippen molar-refractivity contribution >= 4 is 27.3 Å². The molecule has 0 aliphatic carbocycles. The van der Waals surface area contributed by atoms with Crippen molar-refractivity contribution in [2.24, 2.45) is 0 Å². The quantitative estimate of drug-likeness (QED) is 0.803. The van der Waals surface area contributed by atoms with Gasteiger partial charge in [0.05, 0.1) is 11.5 Å². The van der Waals surface area contributed by atoms with Crippen molar-refractivity contribution in [3.63, 3.8) is 0 Å². The molecule has 1 heterocycles. The summed E-state index contributed by atoms with van der Waals surface area (Å²) in [6.45, 7) is 1.19. The summed E-state index contributed by atoms with van der Waals surface area (Å²) in [4.78, 5) is 14.2. The molecule has 6 heteroatoms. The summed E-state index contributed by atoms with van der Waals surface area (Å²) < 4.78 is 24.6. The van der Waals surface area contributed by atoms with E-state index in [4.69, 9.17) is 11.6 Å². The van der Waals surface area contributed by atoms with Crippen LogP contribution in [-0.4, -0.2) is 31.5 Å². The molecule has 132 valence electrons. The summed E-state index contributed by atoms with van der Waals surface area (Å²) in [6.07, 6.45) is 0.823. The normalized spacial score (nSPS) is 14.2. The Balaban J connectivity index is 1.58. The number of hydrogen-bond acceptors (Lipinski definition) is 3. The lowest BCUT2D eigenvalue weighted by Crippen LogP contribution is -2.36. The minimum atomic E-state index is -3.38. The van der Waals surface area contributed by atoms with Gasteiger partial charge < -0.3 is 4.90 Å². The molecule has 3 rings (SSSR count). The summed E-state index contributed by atoms with van der Waals surface area (Å²) in [7, 11) is -3.38. The maximum absolute atomic E-state index is 12.4. The van der Waals surface area contributed by atoms with E-state index in [1.54, 1.807) is 29.2 Å². The van der Waals surface area contributed by atoms with Crippen LogP contribution in [0.4, 0.5) is 0 Å². The lowest BCUT2D eigenvalue weighted by Gasteiger charge is -2.29. The summed E-state index contributed by atoms with van der Waals surface area (Å²) in [6, 6.07) is 14.9. The maximum Gasteiger partial charge on any atom is 0.223 e. The lowest BCUT2D eigenvalue weighted by atomic mass is 10.00. The van der Waals surface area contributed by atoms with Gasteiger partial charge in [0.25, 0.3) is 0 Å². The predicted octanol–water partition coefficient (Wildman–Crippen LogP) is 3.23. The molecule has 0 saturated carbocycles. The fraction of sp³-hybridized carbons (Fsp3) is 0.316. The molecule has 1 aliphatic rings. The maximum atomic E-state index is 12.4. The highest BCUT2D eigenvalue weighted by atomic mass is 35.5. The molecule has 0 fully saturated rings. The van der Waals surface area contributed by atoms with Crippen LogP contribution in [0.3, 0.4) is 0 Å². The van der Waals surface area contributed by atoms with Crippen molar-refractivity contribution in [2.75, 3.05) is 12.3 Å². The molecule has 0 N–H and O–H groups in total. The lowest BCUT2D eigenvalue weighted by molar-refractivity contribution is -0.131. The molecule has 0 unspecified atom stereocenters. The second-order valence-electron chi connectivity index (χ2n) is 6.27. The zero-order valence-electron chi connectivity index (χ0n) is 13.8. The van der Waals surface area contributed by atoms with E-state index in [2.05, 4.69) is 6.07 Å². The van der Waals surface area contributed by atoms with Gasteiger partial charge >= 0.3 is 0 Å². The number of halogens is 1. The number of sulfone groups is 1. The van der Waals surface area contributed by atoms with Gasteiger partial charge in [-0.2, -0.15) is 0 Å². The Kier molecular flexibility index (Phi) is 5.45. The van der Waals surface area contributed by atoms with Crippen molar-refractivity contribution in [3.05, 3.63) is 70.2 Å².